The zero-order valence-electron chi connectivity index (χ0n) is 10.8. The van der Waals surface area contributed by atoms with E-state index in [1.807, 2.05) is 0 Å². The van der Waals surface area contributed by atoms with Crippen molar-refractivity contribution < 1.29 is 0 Å². The average Bonchev–Trinajstić information content (AvgIpc) is 2.31. The Morgan fingerprint density at radius 2 is 1.62 bits per heavy atom. The molecular weight excluding hydrogens is 200 g/mol. The number of piperazine rings is 2. The van der Waals surface area contributed by atoms with Crippen LogP contribution in [0.15, 0.2) is 0 Å². The molecule has 94 valence electrons. The molecule has 0 aromatic rings. The maximum absolute atomic E-state index is 3.41. The maximum Gasteiger partial charge on any atom is 0.0195 e. The smallest absolute Gasteiger partial charge is 0.0195 e. The molecule has 2 fully saturated rings. The highest BCUT2D eigenvalue weighted by Crippen LogP contribution is 2.07. The largest absolute Gasteiger partial charge is 0.314 e. The van der Waals surface area contributed by atoms with Crippen LogP contribution in [0.4, 0.5) is 0 Å². The first-order valence-corrected chi connectivity index (χ1v) is 6.61. The molecule has 2 aliphatic rings. The molecule has 0 aromatic carbocycles. The van der Waals surface area contributed by atoms with E-state index in [9.17, 15) is 0 Å². The van der Waals surface area contributed by atoms with Crippen LogP contribution < -0.4 is 5.32 Å². The topological polar surface area (TPSA) is 21.8 Å². The van der Waals surface area contributed by atoms with Crippen molar-refractivity contribution in [2.75, 3.05) is 66.0 Å². The Morgan fingerprint density at radius 3 is 2.25 bits per heavy atom. The molecule has 0 bridgehead atoms. The molecule has 2 aliphatic heterocycles. The molecular formula is C12H26N4. The summed E-state index contributed by atoms with van der Waals surface area (Å²) in [5.74, 6) is 0. The summed E-state index contributed by atoms with van der Waals surface area (Å²) in [5.41, 5.74) is 0. The molecule has 0 aliphatic carbocycles. The lowest BCUT2D eigenvalue weighted by Gasteiger charge is -2.39. The molecule has 1 atom stereocenters. The molecule has 2 heterocycles. The fourth-order valence-electron chi connectivity index (χ4n) is 2.65. The van der Waals surface area contributed by atoms with Gasteiger partial charge in [-0.1, -0.05) is 0 Å². The van der Waals surface area contributed by atoms with E-state index < -0.39 is 0 Å². The molecule has 0 spiro atoms. The summed E-state index contributed by atoms with van der Waals surface area (Å²) < 4.78 is 0. The van der Waals surface area contributed by atoms with Gasteiger partial charge in [0.15, 0.2) is 0 Å². The molecule has 2 rings (SSSR count). The quantitative estimate of drug-likeness (QED) is 0.702. The van der Waals surface area contributed by atoms with Crippen molar-refractivity contribution in [3.05, 3.63) is 0 Å². The van der Waals surface area contributed by atoms with E-state index in [-0.39, 0.29) is 0 Å². The van der Waals surface area contributed by atoms with Gasteiger partial charge < -0.3 is 10.2 Å². The van der Waals surface area contributed by atoms with E-state index in [4.69, 9.17) is 0 Å². The van der Waals surface area contributed by atoms with Crippen LogP contribution in [0.1, 0.15) is 6.92 Å². The zero-order chi connectivity index (χ0) is 11.4. The van der Waals surface area contributed by atoms with Gasteiger partial charge >= 0.3 is 0 Å². The van der Waals surface area contributed by atoms with Gasteiger partial charge in [0, 0.05) is 64.9 Å². The van der Waals surface area contributed by atoms with Crippen LogP contribution in [-0.4, -0.2) is 86.7 Å². The van der Waals surface area contributed by atoms with Crippen molar-refractivity contribution in [3.8, 4) is 0 Å². The second-order valence-electron chi connectivity index (χ2n) is 5.24. The van der Waals surface area contributed by atoms with Crippen molar-refractivity contribution >= 4 is 0 Å². The third kappa shape index (κ3) is 3.42. The summed E-state index contributed by atoms with van der Waals surface area (Å²) in [5, 5.41) is 3.41. The Kier molecular flexibility index (Phi) is 4.58. The molecule has 1 N–H and O–H groups in total. The van der Waals surface area contributed by atoms with Crippen molar-refractivity contribution in [2.24, 2.45) is 0 Å². The number of hydrogen-bond acceptors (Lipinski definition) is 4. The molecule has 16 heavy (non-hydrogen) atoms. The third-order valence-corrected chi connectivity index (χ3v) is 3.89. The lowest BCUT2D eigenvalue weighted by atomic mass is 10.2. The Labute approximate surface area is 99.6 Å². The van der Waals surface area contributed by atoms with Crippen molar-refractivity contribution in [1.29, 1.82) is 0 Å². The maximum atomic E-state index is 3.41. The predicted octanol–water partition coefficient (Wildman–Crippen LogP) is -0.472. The fourth-order valence-corrected chi connectivity index (χ4v) is 2.65. The average molecular weight is 226 g/mol. The molecule has 0 aromatic heterocycles. The summed E-state index contributed by atoms with van der Waals surface area (Å²) in [7, 11) is 2.22. The minimum absolute atomic E-state index is 0.715. The van der Waals surface area contributed by atoms with Gasteiger partial charge in [-0.3, -0.25) is 9.80 Å². The molecule has 4 heteroatoms. The zero-order valence-corrected chi connectivity index (χ0v) is 10.8. The standard InChI is InChI=1S/C12H26N4/c1-12(11-15-5-3-13-4-6-15)16-9-7-14(2)8-10-16/h12-13H,3-11H2,1-2H3. The Hall–Kier alpha value is -0.160. The lowest BCUT2D eigenvalue weighted by molar-refractivity contribution is 0.0900. The number of likely N-dealkylation sites (N-methyl/N-ethyl adjacent to an activating group) is 1. The summed E-state index contributed by atoms with van der Waals surface area (Å²) in [4.78, 5) is 7.66. The van der Waals surface area contributed by atoms with Crippen LogP contribution in [0.2, 0.25) is 0 Å². The van der Waals surface area contributed by atoms with Crippen LogP contribution >= 0.6 is 0 Å². The summed E-state index contributed by atoms with van der Waals surface area (Å²) >= 11 is 0. The van der Waals surface area contributed by atoms with E-state index in [0.717, 1.165) is 13.1 Å². The first-order chi connectivity index (χ1) is 7.75. The molecule has 4 nitrogen and oxygen atoms in total. The highest BCUT2D eigenvalue weighted by atomic mass is 15.3. The highest BCUT2D eigenvalue weighted by Gasteiger charge is 2.21. The first kappa shape index (κ1) is 12.3. The minimum atomic E-state index is 0.715. The van der Waals surface area contributed by atoms with Crippen LogP contribution in [0, 0.1) is 0 Å². The van der Waals surface area contributed by atoms with Crippen molar-refractivity contribution in [3.63, 3.8) is 0 Å². The van der Waals surface area contributed by atoms with Gasteiger partial charge in [0.25, 0.3) is 0 Å². The second-order valence-corrected chi connectivity index (χ2v) is 5.24. The minimum Gasteiger partial charge on any atom is -0.314 e. The van der Waals surface area contributed by atoms with Gasteiger partial charge in [-0.15, -0.1) is 0 Å². The van der Waals surface area contributed by atoms with Gasteiger partial charge in [0.1, 0.15) is 0 Å². The van der Waals surface area contributed by atoms with Gasteiger partial charge in [-0.25, -0.2) is 0 Å². The van der Waals surface area contributed by atoms with Crippen molar-refractivity contribution in [2.45, 2.75) is 13.0 Å². The Balaban J connectivity index is 1.72. The van der Waals surface area contributed by atoms with Crippen LogP contribution in [0.3, 0.4) is 0 Å². The first-order valence-electron chi connectivity index (χ1n) is 6.61. The van der Waals surface area contributed by atoms with Crippen molar-refractivity contribution in [1.82, 2.24) is 20.0 Å². The van der Waals surface area contributed by atoms with E-state index in [2.05, 4.69) is 34.0 Å². The molecule has 2 saturated heterocycles. The lowest BCUT2D eigenvalue weighted by Crippen LogP contribution is -2.53. The molecule has 0 amide bonds. The molecule has 0 radical (unpaired) electrons. The summed E-state index contributed by atoms with van der Waals surface area (Å²) in [6.45, 7) is 13.3. The highest BCUT2D eigenvalue weighted by molar-refractivity contribution is 4.78. The van der Waals surface area contributed by atoms with E-state index in [0.29, 0.717) is 6.04 Å². The summed E-state index contributed by atoms with van der Waals surface area (Å²) in [6, 6.07) is 0.715. The van der Waals surface area contributed by atoms with Crippen LogP contribution in [0.5, 0.6) is 0 Å². The fraction of sp³-hybridized carbons (Fsp3) is 1.00. The van der Waals surface area contributed by atoms with Gasteiger partial charge in [-0.05, 0) is 14.0 Å². The van der Waals surface area contributed by atoms with E-state index in [1.165, 1.54) is 45.8 Å². The van der Waals surface area contributed by atoms with Gasteiger partial charge in [0.05, 0.1) is 0 Å². The normalized spacial score (nSPS) is 28.1. The molecule has 0 saturated carbocycles. The Bertz CT molecular complexity index is 195. The number of nitrogens with zero attached hydrogens (tertiary/aromatic N) is 3. The van der Waals surface area contributed by atoms with Crippen LogP contribution in [-0.2, 0) is 0 Å². The molecule has 1 unspecified atom stereocenters. The van der Waals surface area contributed by atoms with E-state index in [1.54, 1.807) is 0 Å². The Morgan fingerprint density at radius 1 is 1.00 bits per heavy atom. The third-order valence-electron chi connectivity index (χ3n) is 3.89. The SMILES string of the molecule is CC(CN1CCNCC1)N1CCN(C)CC1. The second kappa shape index (κ2) is 5.96. The number of rotatable bonds is 3. The van der Waals surface area contributed by atoms with E-state index >= 15 is 0 Å². The van der Waals surface area contributed by atoms with Gasteiger partial charge in [-0.2, -0.15) is 0 Å². The predicted molar refractivity (Wildman–Crippen MR) is 67.8 cm³/mol. The summed E-state index contributed by atoms with van der Waals surface area (Å²) in [6.07, 6.45) is 0. The monoisotopic (exact) mass is 226 g/mol. The number of hydrogen-bond donors (Lipinski definition) is 1. The van der Waals surface area contributed by atoms with Crippen LogP contribution in [0.25, 0.3) is 0 Å². The number of nitrogens with one attached hydrogen (secondary N) is 1. The van der Waals surface area contributed by atoms with Gasteiger partial charge in [0.2, 0.25) is 0 Å².